The van der Waals surface area contributed by atoms with Crippen molar-refractivity contribution in [1.29, 1.82) is 0 Å². The number of oxazole rings is 1. The predicted molar refractivity (Wildman–Crippen MR) is 108 cm³/mol. The van der Waals surface area contributed by atoms with Gasteiger partial charge in [0, 0.05) is 24.7 Å². The van der Waals surface area contributed by atoms with Crippen LogP contribution in [0, 0.1) is 0 Å². The molecule has 0 aliphatic rings. The van der Waals surface area contributed by atoms with E-state index < -0.39 is 0 Å². The number of hydrogen-bond acceptors (Lipinski definition) is 6. The molecule has 0 spiro atoms. The van der Waals surface area contributed by atoms with E-state index in [1.807, 2.05) is 30.3 Å². The molecule has 2 aromatic heterocycles. The van der Waals surface area contributed by atoms with Gasteiger partial charge in [0.2, 0.25) is 0 Å². The minimum Gasteiger partial charge on any atom is -0.441 e. The normalized spacial score (nSPS) is 11.0. The van der Waals surface area contributed by atoms with Crippen molar-refractivity contribution in [2.24, 2.45) is 0 Å². The lowest BCUT2D eigenvalue weighted by Gasteiger charge is -2.06. The molecule has 7 heteroatoms. The van der Waals surface area contributed by atoms with E-state index in [2.05, 4.69) is 15.3 Å². The Labute approximate surface area is 166 Å². The minimum absolute atomic E-state index is 0.163. The summed E-state index contributed by atoms with van der Waals surface area (Å²) in [5, 5.41) is 2.97. The molecule has 0 saturated carbocycles. The number of nitrogens with zero attached hydrogens (tertiary/aromatic N) is 2. The first-order chi connectivity index (χ1) is 13.7. The van der Waals surface area contributed by atoms with Crippen molar-refractivity contribution < 1.29 is 13.9 Å². The van der Waals surface area contributed by atoms with Crippen molar-refractivity contribution in [2.75, 3.05) is 13.7 Å². The summed E-state index contributed by atoms with van der Waals surface area (Å²) in [5.41, 5.74) is 5.61. The molecule has 0 aliphatic heterocycles. The van der Waals surface area contributed by atoms with E-state index in [4.69, 9.17) is 9.15 Å². The average molecular weight is 393 g/mol. The number of rotatable bonds is 7. The lowest BCUT2D eigenvalue weighted by atomic mass is 10.1. The van der Waals surface area contributed by atoms with Gasteiger partial charge < -0.3 is 14.5 Å². The molecule has 28 heavy (non-hydrogen) atoms. The van der Waals surface area contributed by atoms with Gasteiger partial charge in [0.1, 0.15) is 5.52 Å². The summed E-state index contributed by atoms with van der Waals surface area (Å²) in [5.74, 6) is 0.440. The summed E-state index contributed by atoms with van der Waals surface area (Å²) in [6, 6.07) is 15.2. The van der Waals surface area contributed by atoms with Gasteiger partial charge in [-0.25, -0.2) is 9.97 Å². The molecule has 0 fully saturated rings. The van der Waals surface area contributed by atoms with E-state index in [0.717, 1.165) is 21.7 Å². The Morgan fingerprint density at radius 1 is 1.21 bits per heavy atom. The largest absolute Gasteiger partial charge is 0.441 e. The SMILES string of the molecule is COCCc1nc2ccc(C(=O)NCc3scnc3-c3ccccc3)cc2o1. The Hall–Kier alpha value is -3.03. The molecular formula is C21H19N3O3S. The van der Waals surface area contributed by atoms with E-state index in [-0.39, 0.29) is 5.91 Å². The molecule has 0 bridgehead atoms. The summed E-state index contributed by atoms with van der Waals surface area (Å²) >= 11 is 1.53. The highest BCUT2D eigenvalue weighted by molar-refractivity contribution is 7.10. The van der Waals surface area contributed by atoms with Crippen LogP contribution in [-0.2, 0) is 17.7 Å². The maximum absolute atomic E-state index is 12.6. The zero-order chi connectivity index (χ0) is 19.3. The molecular weight excluding hydrogens is 374 g/mol. The van der Waals surface area contributed by atoms with Crippen LogP contribution in [0.3, 0.4) is 0 Å². The standard InChI is InChI=1S/C21H19N3O3S/c1-26-10-9-19-24-16-8-7-15(11-17(16)27-19)21(25)22-12-18-20(23-13-28-18)14-5-3-2-4-6-14/h2-8,11,13H,9-10,12H2,1H3,(H,22,25). The third kappa shape index (κ3) is 3.95. The van der Waals surface area contributed by atoms with Gasteiger partial charge in [0.15, 0.2) is 11.5 Å². The van der Waals surface area contributed by atoms with Crippen LogP contribution in [0.2, 0.25) is 0 Å². The lowest BCUT2D eigenvalue weighted by molar-refractivity contribution is 0.0951. The van der Waals surface area contributed by atoms with Crippen LogP contribution in [-0.4, -0.2) is 29.6 Å². The second kappa shape index (κ2) is 8.33. The van der Waals surface area contributed by atoms with Crippen LogP contribution in [0.4, 0.5) is 0 Å². The maximum Gasteiger partial charge on any atom is 0.251 e. The predicted octanol–water partition coefficient (Wildman–Crippen LogP) is 4.07. The van der Waals surface area contributed by atoms with Crippen molar-refractivity contribution >= 4 is 28.3 Å². The molecule has 6 nitrogen and oxygen atoms in total. The van der Waals surface area contributed by atoms with Crippen molar-refractivity contribution in [2.45, 2.75) is 13.0 Å². The second-order valence-electron chi connectivity index (χ2n) is 6.21. The van der Waals surface area contributed by atoms with Gasteiger partial charge in [-0.15, -0.1) is 11.3 Å². The van der Waals surface area contributed by atoms with Gasteiger partial charge in [-0.3, -0.25) is 4.79 Å². The fraction of sp³-hybridized carbons (Fsp3) is 0.190. The van der Waals surface area contributed by atoms with Crippen LogP contribution in [0.25, 0.3) is 22.4 Å². The van der Waals surface area contributed by atoms with Crippen LogP contribution < -0.4 is 5.32 Å². The minimum atomic E-state index is -0.163. The molecule has 2 aromatic carbocycles. The number of fused-ring (bicyclic) bond motifs is 1. The number of ether oxygens (including phenoxy) is 1. The molecule has 1 N–H and O–H groups in total. The van der Waals surface area contributed by atoms with Crippen LogP contribution in [0.5, 0.6) is 0 Å². The molecule has 0 radical (unpaired) electrons. The Kier molecular flexibility index (Phi) is 5.45. The van der Waals surface area contributed by atoms with Crippen molar-refractivity contribution in [3.63, 3.8) is 0 Å². The highest BCUT2D eigenvalue weighted by Gasteiger charge is 2.13. The molecule has 0 saturated heterocycles. The van der Waals surface area contributed by atoms with E-state index in [1.54, 1.807) is 30.8 Å². The third-order valence-electron chi connectivity index (χ3n) is 4.31. The molecule has 4 rings (SSSR count). The smallest absolute Gasteiger partial charge is 0.251 e. The summed E-state index contributed by atoms with van der Waals surface area (Å²) in [6.45, 7) is 0.958. The van der Waals surface area contributed by atoms with Crippen LogP contribution in [0.15, 0.2) is 58.5 Å². The highest BCUT2D eigenvalue weighted by atomic mass is 32.1. The number of amides is 1. The van der Waals surface area contributed by atoms with Gasteiger partial charge in [-0.05, 0) is 18.2 Å². The zero-order valence-corrected chi connectivity index (χ0v) is 16.2. The zero-order valence-electron chi connectivity index (χ0n) is 15.3. The first-order valence-electron chi connectivity index (χ1n) is 8.89. The number of methoxy groups -OCH3 is 1. The molecule has 1 amide bonds. The molecule has 0 aliphatic carbocycles. The van der Waals surface area contributed by atoms with Crippen LogP contribution >= 0.6 is 11.3 Å². The monoisotopic (exact) mass is 393 g/mol. The number of aromatic nitrogens is 2. The lowest BCUT2D eigenvalue weighted by Crippen LogP contribution is -2.22. The average Bonchev–Trinajstić information content (AvgIpc) is 3.37. The van der Waals surface area contributed by atoms with Crippen molar-refractivity contribution in [1.82, 2.24) is 15.3 Å². The summed E-state index contributed by atoms with van der Waals surface area (Å²) in [7, 11) is 1.64. The number of benzene rings is 2. The fourth-order valence-corrected chi connectivity index (χ4v) is 3.62. The molecule has 142 valence electrons. The molecule has 2 heterocycles. The molecule has 4 aromatic rings. The summed E-state index contributed by atoms with van der Waals surface area (Å²) in [6.07, 6.45) is 0.598. The first-order valence-corrected chi connectivity index (χ1v) is 9.77. The third-order valence-corrected chi connectivity index (χ3v) is 5.15. The van der Waals surface area contributed by atoms with Gasteiger partial charge in [0.05, 0.1) is 29.2 Å². The quantitative estimate of drug-likeness (QED) is 0.512. The maximum atomic E-state index is 12.6. The number of thiazole rings is 1. The van der Waals surface area contributed by atoms with Crippen molar-refractivity contribution in [3.8, 4) is 11.3 Å². The number of carbonyl (C=O) groups is 1. The van der Waals surface area contributed by atoms with Gasteiger partial charge >= 0.3 is 0 Å². The van der Waals surface area contributed by atoms with Gasteiger partial charge in [0.25, 0.3) is 5.91 Å². The Morgan fingerprint density at radius 3 is 2.89 bits per heavy atom. The second-order valence-corrected chi connectivity index (χ2v) is 7.15. The first kappa shape index (κ1) is 18.3. The topological polar surface area (TPSA) is 77.2 Å². The molecule has 0 atom stereocenters. The Bertz CT molecular complexity index is 1090. The van der Waals surface area contributed by atoms with E-state index in [9.17, 15) is 4.79 Å². The Morgan fingerprint density at radius 2 is 2.07 bits per heavy atom. The summed E-state index contributed by atoms with van der Waals surface area (Å²) < 4.78 is 10.8. The van der Waals surface area contributed by atoms with E-state index >= 15 is 0 Å². The van der Waals surface area contributed by atoms with Gasteiger partial charge in [-0.1, -0.05) is 30.3 Å². The van der Waals surface area contributed by atoms with E-state index in [0.29, 0.717) is 36.6 Å². The fourth-order valence-electron chi connectivity index (χ4n) is 2.90. The number of nitrogens with one attached hydrogen (secondary N) is 1. The van der Waals surface area contributed by atoms with Crippen molar-refractivity contribution in [3.05, 3.63) is 70.4 Å². The number of carbonyl (C=O) groups excluding carboxylic acids is 1. The Balaban J connectivity index is 1.46. The van der Waals surface area contributed by atoms with Gasteiger partial charge in [-0.2, -0.15) is 0 Å². The number of hydrogen-bond donors (Lipinski definition) is 1. The molecule has 0 unspecified atom stereocenters. The van der Waals surface area contributed by atoms with Crippen LogP contribution in [0.1, 0.15) is 21.1 Å². The summed E-state index contributed by atoms with van der Waals surface area (Å²) in [4.78, 5) is 22.5. The van der Waals surface area contributed by atoms with E-state index in [1.165, 1.54) is 11.3 Å². The highest BCUT2D eigenvalue weighted by Crippen LogP contribution is 2.25.